The van der Waals surface area contributed by atoms with E-state index in [4.69, 9.17) is 18.9 Å². The monoisotopic (exact) mass is 521 g/mol. The molecule has 0 spiro atoms. The van der Waals surface area contributed by atoms with E-state index in [1.165, 1.54) is 16.2 Å². The Morgan fingerprint density at radius 2 is 2.00 bits per heavy atom. The lowest BCUT2D eigenvalue weighted by atomic mass is 10.1. The van der Waals surface area contributed by atoms with Crippen LogP contribution in [0, 0.1) is 6.92 Å². The molecule has 1 fully saturated rings. The van der Waals surface area contributed by atoms with E-state index >= 15 is 0 Å². The summed E-state index contributed by atoms with van der Waals surface area (Å²) in [6.45, 7) is 4.88. The zero-order valence-corrected chi connectivity index (χ0v) is 22.5. The molecule has 0 bridgehead atoms. The molecule has 1 amide bonds. The van der Waals surface area contributed by atoms with Gasteiger partial charge in [-0.3, -0.25) is 4.79 Å². The Kier molecular flexibility index (Phi) is 8.31. The second-order valence-corrected chi connectivity index (χ2v) is 10.9. The maximum Gasteiger partial charge on any atom is 0.223 e. The minimum Gasteiger partial charge on any atom is -0.496 e. The summed E-state index contributed by atoms with van der Waals surface area (Å²) in [5, 5.41) is 0. The predicted octanol–water partition coefficient (Wildman–Crippen LogP) is 6.03. The number of aryl methyl sites for hydroxylation is 2. The van der Waals surface area contributed by atoms with Gasteiger partial charge in [-0.1, -0.05) is 18.2 Å². The molecule has 3 aromatic rings. The molecule has 2 aromatic carbocycles. The van der Waals surface area contributed by atoms with E-state index < -0.39 is 0 Å². The van der Waals surface area contributed by atoms with Crippen molar-refractivity contribution in [2.45, 2.75) is 51.7 Å². The van der Waals surface area contributed by atoms with E-state index in [1.807, 2.05) is 29.2 Å². The van der Waals surface area contributed by atoms with Gasteiger partial charge in [-0.2, -0.15) is 0 Å². The summed E-state index contributed by atoms with van der Waals surface area (Å²) in [5.41, 5.74) is 3.11. The Balaban J connectivity index is 1.36. The molecule has 3 heterocycles. The third kappa shape index (κ3) is 6.28. The van der Waals surface area contributed by atoms with Crippen LogP contribution in [-0.4, -0.2) is 50.4 Å². The Morgan fingerprint density at radius 3 is 2.78 bits per heavy atom. The van der Waals surface area contributed by atoms with Crippen molar-refractivity contribution < 1.29 is 23.7 Å². The highest BCUT2D eigenvalue weighted by Gasteiger charge is 2.25. The van der Waals surface area contributed by atoms with Crippen LogP contribution < -0.4 is 14.2 Å². The van der Waals surface area contributed by atoms with Crippen molar-refractivity contribution in [3.8, 4) is 27.7 Å². The van der Waals surface area contributed by atoms with Crippen molar-refractivity contribution >= 4 is 17.2 Å². The fourth-order valence-corrected chi connectivity index (χ4v) is 5.82. The lowest BCUT2D eigenvalue weighted by Crippen LogP contribution is -2.32. The van der Waals surface area contributed by atoms with Crippen molar-refractivity contribution in [1.82, 2.24) is 4.90 Å². The highest BCUT2D eigenvalue weighted by Crippen LogP contribution is 2.40. The lowest BCUT2D eigenvalue weighted by molar-refractivity contribution is -0.131. The summed E-state index contributed by atoms with van der Waals surface area (Å²) in [6.07, 6.45) is 4.46. The fraction of sp³-hybridized carbons (Fsp3) is 0.433. The van der Waals surface area contributed by atoms with Gasteiger partial charge in [-0.05, 0) is 74.1 Å². The first-order chi connectivity index (χ1) is 18.1. The second-order valence-electron chi connectivity index (χ2n) is 9.65. The largest absolute Gasteiger partial charge is 0.496 e. The number of methoxy groups -OCH3 is 1. The van der Waals surface area contributed by atoms with Gasteiger partial charge in [0.1, 0.15) is 19.0 Å². The van der Waals surface area contributed by atoms with Gasteiger partial charge in [-0.25, -0.2) is 0 Å². The third-order valence-electron chi connectivity index (χ3n) is 6.98. The number of rotatable bonds is 8. The van der Waals surface area contributed by atoms with Crippen molar-refractivity contribution in [1.29, 1.82) is 0 Å². The Hall–Kier alpha value is -3.03. The molecule has 7 heteroatoms. The van der Waals surface area contributed by atoms with Gasteiger partial charge >= 0.3 is 0 Å². The van der Waals surface area contributed by atoms with Gasteiger partial charge in [0, 0.05) is 34.9 Å². The van der Waals surface area contributed by atoms with Gasteiger partial charge in [-0.15, -0.1) is 11.3 Å². The smallest absolute Gasteiger partial charge is 0.223 e. The highest BCUT2D eigenvalue weighted by molar-refractivity contribution is 7.15. The first-order valence-electron chi connectivity index (χ1n) is 13.1. The summed E-state index contributed by atoms with van der Waals surface area (Å²) in [6, 6.07) is 16.4. The minimum atomic E-state index is 0.107. The van der Waals surface area contributed by atoms with Crippen LogP contribution in [0.3, 0.4) is 0 Å². The van der Waals surface area contributed by atoms with Crippen LogP contribution in [0.1, 0.15) is 41.7 Å². The summed E-state index contributed by atoms with van der Waals surface area (Å²) < 4.78 is 23.9. The summed E-state index contributed by atoms with van der Waals surface area (Å²) in [7, 11) is 1.66. The first kappa shape index (κ1) is 25.6. The number of hydrogen-bond acceptors (Lipinski definition) is 6. The zero-order chi connectivity index (χ0) is 25.6. The van der Waals surface area contributed by atoms with Crippen LogP contribution in [0.5, 0.6) is 17.2 Å². The van der Waals surface area contributed by atoms with Crippen molar-refractivity contribution in [3.63, 3.8) is 0 Å². The quantitative estimate of drug-likeness (QED) is 0.362. The molecule has 1 aromatic heterocycles. The van der Waals surface area contributed by atoms with Crippen LogP contribution in [-0.2, 0) is 22.5 Å². The molecule has 196 valence electrons. The minimum absolute atomic E-state index is 0.107. The average molecular weight is 522 g/mol. The predicted molar refractivity (Wildman–Crippen MR) is 146 cm³/mol. The number of carbonyl (C=O) groups is 1. The van der Waals surface area contributed by atoms with Crippen LogP contribution in [0.15, 0.2) is 48.5 Å². The molecule has 0 aliphatic carbocycles. The molecule has 2 aliphatic rings. The van der Waals surface area contributed by atoms with Gasteiger partial charge in [0.25, 0.3) is 0 Å². The molecule has 2 aliphatic heterocycles. The fourth-order valence-electron chi connectivity index (χ4n) is 4.97. The Labute approximate surface area is 223 Å². The SMILES string of the molecule is COc1ccccc1CCC(=O)N1CCOc2c(cc(-c3ccc(C)s3)cc2OC[C@@H]2CCCCO2)C1. The molecular formula is C30H35NO5S. The lowest BCUT2D eigenvalue weighted by Gasteiger charge is -2.24. The van der Waals surface area contributed by atoms with Gasteiger partial charge in [0.05, 0.1) is 19.8 Å². The molecule has 0 N–H and O–H groups in total. The summed E-state index contributed by atoms with van der Waals surface area (Å²) in [5.74, 6) is 2.40. The first-order valence-corrected chi connectivity index (χ1v) is 13.9. The van der Waals surface area contributed by atoms with Gasteiger partial charge in [0.2, 0.25) is 5.91 Å². The van der Waals surface area contributed by atoms with Crippen molar-refractivity contribution in [3.05, 3.63) is 64.5 Å². The van der Waals surface area contributed by atoms with Crippen LogP contribution in [0.25, 0.3) is 10.4 Å². The number of hydrogen-bond donors (Lipinski definition) is 0. The van der Waals surface area contributed by atoms with Gasteiger partial charge in [0.15, 0.2) is 11.5 Å². The molecular weight excluding hydrogens is 486 g/mol. The molecule has 0 saturated carbocycles. The summed E-state index contributed by atoms with van der Waals surface area (Å²) in [4.78, 5) is 17.6. The maximum absolute atomic E-state index is 13.3. The number of fused-ring (bicyclic) bond motifs is 1. The Bertz CT molecular complexity index is 1220. The number of para-hydroxylation sites is 1. The highest BCUT2D eigenvalue weighted by atomic mass is 32.1. The van der Waals surface area contributed by atoms with Crippen LogP contribution in [0.4, 0.5) is 0 Å². The van der Waals surface area contributed by atoms with Crippen molar-refractivity contribution in [2.24, 2.45) is 0 Å². The average Bonchev–Trinajstić information content (AvgIpc) is 3.25. The second kappa shape index (κ2) is 12.0. The molecule has 0 radical (unpaired) electrons. The van der Waals surface area contributed by atoms with E-state index in [0.29, 0.717) is 39.1 Å². The number of thiophene rings is 1. The number of nitrogens with zero attached hydrogens (tertiary/aromatic N) is 1. The zero-order valence-electron chi connectivity index (χ0n) is 21.7. The van der Waals surface area contributed by atoms with Crippen LogP contribution >= 0.6 is 11.3 Å². The van der Waals surface area contributed by atoms with Crippen molar-refractivity contribution in [2.75, 3.05) is 33.5 Å². The number of ether oxygens (including phenoxy) is 4. The molecule has 1 atom stereocenters. The van der Waals surface area contributed by atoms with E-state index in [-0.39, 0.29) is 12.0 Å². The van der Waals surface area contributed by atoms with Gasteiger partial charge < -0.3 is 23.8 Å². The van der Waals surface area contributed by atoms with E-state index in [2.05, 4.69) is 31.2 Å². The number of carbonyl (C=O) groups excluding carboxylic acids is 1. The number of amides is 1. The van der Waals surface area contributed by atoms with Crippen LogP contribution in [0.2, 0.25) is 0 Å². The standard InChI is InChI=1S/C30H35NO5S/c1-21-10-12-28(37-21)23-17-24-19-31(29(32)13-11-22-7-3-4-9-26(22)33-2)14-16-35-30(24)27(18-23)36-20-25-8-5-6-15-34-25/h3-4,7,9-10,12,17-18,25H,5-6,8,11,13-16,19-20H2,1-2H3/t25-/m0/s1. The summed E-state index contributed by atoms with van der Waals surface area (Å²) >= 11 is 1.75. The number of benzene rings is 2. The molecule has 0 unspecified atom stereocenters. The molecule has 5 rings (SSSR count). The molecule has 1 saturated heterocycles. The van der Waals surface area contributed by atoms with E-state index in [0.717, 1.165) is 53.4 Å². The maximum atomic E-state index is 13.3. The Morgan fingerprint density at radius 1 is 1.11 bits per heavy atom. The molecule has 6 nitrogen and oxygen atoms in total. The topological polar surface area (TPSA) is 57.2 Å². The third-order valence-corrected chi connectivity index (χ3v) is 8.03. The van der Waals surface area contributed by atoms with E-state index in [1.54, 1.807) is 18.4 Å². The van der Waals surface area contributed by atoms with E-state index in [9.17, 15) is 4.79 Å². The normalized spacial score (nSPS) is 17.5. The molecule has 37 heavy (non-hydrogen) atoms.